The maximum atomic E-state index is 5.53. The van der Waals surface area contributed by atoms with Gasteiger partial charge in [0.25, 0.3) is 5.19 Å². The van der Waals surface area contributed by atoms with Crippen molar-refractivity contribution in [2.45, 2.75) is 13.8 Å². The van der Waals surface area contributed by atoms with E-state index in [4.69, 9.17) is 4.74 Å². The van der Waals surface area contributed by atoms with E-state index in [1.807, 2.05) is 18.2 Å². The van der Waals surface area contributed by atoms with E-state index in [2.05, 4.69) is 25.0 Å². The second kappa shape index (κ2) is 3.80. The van der Waals surface area contributed by atoms with E-state index in [0.29, 0.717) is 5.19 Å². The fourth-order valence-electron chi connectivity index (χ4n) is 1.11. The van der Waals surface area contributed by atoms with Crippen LogP contribution in [0.2, 0.25) is 0 Å². The third-order valence-corrected chi connectivity index (χ3v) is 2.65. The minimum atomic E-state index is 0.633. The molecule has 71 valence electrons. The van der Waals surface area contributed by atoms with Gasteiger partial charge in [0.05, 0.1) is 0 Å². The molecule has 1 heterocycles. The normalized spacial score (nSPS) is 10.1. The molecule has 0 atom stereocenters. The number of thiazole rings is 1. The molecule has 0 bridgehead atoms. The van der Waals surface area contributed by atoms with E-state index in [1.165, 1.54) is 22.5 Å². The van der Waals surface area contributed by atoms with Gasteiger partial charge in [-0.3, -0.25) is 0 Å². The number of hydrogen-bond acceptors (Lipinski definition) is 3. The number of hydrogen-bond donors (Lipinski definition) is 0. The second-order valence-electron chi connectivity index (χ2n) is 3.09. The van der Waals surface area contributed by atoms with Crippen molar-refractivity contribution in [3.8, 4) is 10.9 Å². The Balaban J connectivity index is 2.22. The molecule has 0 aliphatic rings. The number of nitrogens with zero attached hydrogens (tertiary/aromatic N) is 1. The van der Waals surface area contributed by atoms with Crippen molar-refractivity contribution in [2.75, 3.05) is 0 Å². The molecule has 0 unspecified atom stereocenters. The van der Waals surface area contributed by atoms with E-state index in [0.717, 1.165) is 5.75 Å². The lowest BCUT2D eigenvalue weighted by Crippen LogP contribution is -1.85. The maximum Gasteiger partial charge on any atom is 0.279 e. The molecule has 3 heteroatoms. The van der Waals surface area contributed by atoms with Gasteiger partial charge in [-0.15, -0.1) is 0 Å². The molecule has 0 aliphatic heterocycles. The molecule has 1 radical (unpaired) electrons. The Morgan fingerprint density at radius 3 is 2.79 bits per heavy atom. The molecule has 2 rings (SSSR count). The van der Waals surface area contributed by atoms with Gasteiger partial charge < -0.3 is 4.74 Å². The summed E-state index contributed by atoms with van der Waals surface area (Å²) in [6.45, 7) is 4.15. The largest absolute Gasteiger partial charge is 0.431 e. The smallest absolute Gasteiger partial charge is 0.279 e. The lowest BCUT2D eigenvalue weighted by Gasteiger charge is -2.04. The topological polar surface area (TPSA) is 22.1 Å². The van der Waals surface area contributed by atoms with Crippen LogP contribution in [0.3, 0.4) is 0 Å². The van der Waals surface area contributed by atoms with Crippen LogP contribution in [0.4, 0.5) is 0 Å². The summed E-state index contributed by atoms with van der Waals surface area (Å²) in [4.78, 5) is 3.93. The van der Waals surface area contributed by atoms with E-state index < -0.39 is 0 Å². The van der Waals surface area contributed by atoms with E-state index in [-0.39, 0.29) is 0 Å². The number of aromatic nitrogens is 1. The SMILES string of the molecule is Cc1ccc(Oc2n[c]cs2)cc1C. The summed E-state index contributed by atoms with van der Waals surface area (Å²) in [6.07, 6.45) is 2.72. The Kier molecular flexibility index (Phi) is 2.50. The summed E-state index contributed by atoms with van der Waals surface area (Å²) in [5, 5.41) is 2.41. The van der Waals surface area contributed by atoms with Gasteiger partial charge in [-0.05, 0) is 37.1 Å². The quantitative estimate of drug-likeness (QED) is 0.748. The average Bonchev–Trinajstić information content (AvgIpc) is 2.64. The Labute approximate surface area is 87.2 Å². The van der Waals surface area contributed by atoms with Crippen molar-refractivity contribution in [3.63, 3.8) is 0 Å². The fraction of sp³-hybridized carbons (Fsp3) is 0.182. The van der Waals surface area contributed by atoms with Gasteiger partial charge in [0, 0.05) is 5.38 Å². The van der Waals surface area contributed by atoms with Crippen LogP contribution in [-0.2, 0) is 0 Å². The highest BCUT2D eigenvalue weighted by Crippen LogP contribution is 2.24. The lowest BCUT2D eigenvalue weighted by atomic mass is 10.1. The van der Waals surface area contributed by atoms with Gasteiger partial charge in [0.2, 0.25) is 0 Å². The summed E-state index contributed by atoms with van der Waals surface area (Å²) >= 11 is 1.44. The molecule has 1 aromatic carbocycles. The first-order valence-electron chi connectivity index (χ1n) is 4.32. The molecular formula is C11H10NOS. The van der Waals surface area contributed by atoms with Crippen molar-refractivity contribution >= 4 is 11.3 Å². The van der Waals surface area contributed by atoms with Crippen LogP contribution in [0.5, 0.6) is 10.9 Å². The third-order valence-electron chi connectivity index (χ3n) is 2.05. The summed E-state index contributed by atoms with van der Waals surface area (Å²) in [5.74, 6) is 0.830. The number of ether oxygens (including phenoxy) is 1. The van der Waals surface area contributed by atoms with E-state index >= 15 is 0 Å². The molecule has 0 fully saturated rings. The Hall–Kier alpha value is -1.35. The molecule has 0 amide bonds. The zero-order chi connectivity index (χ0) is 9.97. The Morgan fingerprint density at radius 2 is 2.14 bits per heavy atom. The minimum absolute atomic E-state index is 0.633. The van der Waals surface area contributed by atoms with Crippen LogP contribution in [0.1, 0.15) is 11.1 Å². The molecule has 0 N–H and O–H groups in total. The van der Waals surface area contributed by atoms with Crippen LogP contribution < -0.4 is 4.74 Å². The molecule has 0 saturated heterocycles. The zero-order valence-corrected chi connectivity index (χ0v) is 8.89. The summed E-state index contributed by atoms with van der Waals surface area (Å²) in [6, 6.07) is 6.00. The van der Waals surface area contributed by atoms with Crippen LogP contribution >= 0.6 is 11.3 Å². The summed E-state index contributed by atoms with van der Waals surface area (Å²) < 4.78 is 5.53. The highest BCUT2D eigenvalue weighted by Gasteiger charge is 2.00. The van der Waals surface area contributed by atoms with Crippen molar-refractivity contribution in [3.05, 3.63) is 40.9 Å². The molecule has 2 nitrogen and oxygen atoms in total. The van der Waals surface area contributed by atoms with Gasteiger partial charge in [0.15, 0.2) is 0 Å². The highest BCUT2D eigenvalue weighted by molar-refractivity contribution is 7.11. The molecule has 0 aliphatic carbocycles. The van der Waals surface area contributed by atoms with Crippen LogP contribution in [0, 0.1) is 20.0 Å². The van der Waals surface area contributed by atoms with Crippen LogP contribution in [0.25, 0.3) is 0 Å². The van der Waals surface area contributed by atoms with Crippen molar-refractivity contribution in [1.29, 1.82) is 0 Å². The van der Waals surface area contributed by atoms with Crippen LogP contribution in [-0.4, -0.2) is 4.98 Å². The fourth-order valence-corrected chi connectivity index (χ4v) is 1.56. The molecule has 1 aromatic heterocycles. The van der Waals surface area contributed by atoms with E-state index in [1.54, 1.807) is 5.38 Å². The van der Waals surface area contributed by atoms with Gasteiger partial charge in [-0.1, -0.05) is 17.4 Å². The third kappa shape index (κ3) is 1.93. The number of rotatable bonds is 2. The van der Waals surface area contributed by atoms with Crippen LogP contribution in [0.15, 0.2) is 23.6 Å². The maximum absolute atomic E-state index is 5.53. The molecular weight excluding hydrogens is 194 g/mol. The molecule has 14 heavy (non-hydrogen) atoms. The first-order chi connectivity index (χ1) is 6.75. The average molecular weight is 204 g/mol. The highest BCUT2D eigenvalue weighted by atomic mass is 32.1. The lowest BCUT2D eigenvalue weighted by molar-refractivity contribution is 0.478. The second-order valence-corrected chi connectivity index (χ2v) is 3.91. The predicted octanol–water partition coefficient (Wildman–Crippen LogP) is 3.35. The zero-order valence-electron chi connectivity index (χ0n) is 8.07. The van der Waals surface area contributed by atoms with Crippen molar-refractivity contribution < 1.29 is 4.74 Å². The number of aryl methyl sites for hydroxylation is 2. The monoisotopic (exact) mass is 204 g/mol. The summed E-state index contributed by atoms with van der Waals surface area (Å²) in [5.41, 5.74) is 2.49. The minimum Gasteiger partial charge on any atom is -0.431 e. The van der Waals surface area contributed by atoms with Gasteiger partial charge in [0.1, 0.15) is 11.9 Å². The first kappa shape index (κ1) is 9.21. The molecule has 0 saturated carbocycles. The van der Waals surface area contributed by atoms with Crippen molar-refractivity contribution in [2.24, 2.45) is 0 Å². The Morgan fingerprint density at radius 1 is 1.29 bits per heavy atom. The van der Waals surface area contributed by atoms with E-state index in [9.17, 15) is 0 Å². The number of benzene rings is 1. The predicted molar refractivity (Wildman–Crippen MR) is 56.9 cm³/mol. The summed E-state index contributed by atoms with van der Waals surface area (Å²) in [7, 11) is 0. The van der Waals surface area contributed by atoms with Crippen molar-refractivity contribution in [1.82, 2.24) is 4.98 Å². The van der Waals surface area contributed by atoms with Gasteiger partial charge in [-0.25, -0.2) is 4.98 Å². The Bertz CT molecular complexity index is 423. The first-order valence-corrected chi connectivity index (χ1v) is 5.20. The standard InChI is InChI=1S/C11H10NOS/c1-8-3-4-10(7-9(8)2)13-11-12-5-6-14-11/h3-4,6-7H,1-2H3. The molecule has 0 spiro atoms. The molecule has 2 aromatic rings. The van der Waals surface area contributed by atoms with Gasteiger partial charge in [-0.2, -0.15) is 0 Å². The van der Waals surface area contributed by atoms with Gasteiger partial charge >= 0.3 is 0 Å².